The molecule has 7 heteroatoms. The fraction of sp³-hybridized carbons (Fsp3) is 0.727. The highest BCUT2D eigenvalue weighted by Crippen LogP contribution is 2.43. The van der Waals surface area contributed by atoms with Crippen molar-refractivity contribution < 1.29 is 23.0 Å². The van der Waals surface area contributed by atoms with Crippen molar-refractivity contribution in [1.29, 1.82) is 0 Å². The molecule has 0 spiro atoms. The zero-order valence-electron chi connectivity index (χ0n) is 19.1. The maximum Gasteiger partial charge on any atom is 0.219 e. The van der Waals surface area contributed by atoms with Gasteiger partial charge < -0.3 is 14.6 Å². The Balaban J connectivity index is 2.64. The van der Waals surface area contributed by atoms with E-state index in [4.69, 9.17) is 9.47 Å². The molecule has 2 rings (SSSR count). The zero-order valence-corrected chi connectivity index (χ0v) is 19.9. The molecule has 0 radical (unpaired) electrons. The summed E-state index contributed by atoms with van der Waals surface area (Å²) in [6.45, 7) is 15.3. The molecular weight excluding hydrogens is 390 g/mol. The molecule has 29 heavy (non-hydrogen) atoms. The third-order valence-electron chi connectivity index (χ3n) is 5.50. The van der Waals surface area contributed by atoms with Crippen LogP contribution in [-0.2, 0) is 25.6 Å². The molecule has 0 aromatic heterocycles. The molecule has 0 saturated carbocycles. The van der Waals surface area contributed by atoms with Gasteiger partial charge in [0.15, 0.2) is 6.79 Å². The van der Waals surface area contributed by atoms with Crippen LogP contribution in [0, 0.1) is 0 Å². The topological polar surface area (TPSA) is 76.1 Å². The lowest BCUT2D eigenvalue weighted by atomic mass is 9.77. The van der Waals surface area contributed by atoms with Crippen LogP contribution in [0.2, 0.25) is 0 Å². The van der Waals surface area contributed by atoms with E-state index in [9.17, 15) is 13.5 Å². The summed E-state index contributed by atoms with van der Waals surface area (Å²) in [5.41, 5.74) is 1.96. The normalized spacial score (nSPS) is 21.3. The van der Waals surface area contributed by atoms with Crippen molar-refractivity contribution in [3.8, 4) is 5.75 Å². The van der Waals surface area contributed by atoms with Crippen molar-refractivity contribution in [2.75, 3.05) is 27.0 Å². The Morgan fingerprint density at radius 2 is 1.66 bits per heavy atom. The highest BCUT2D eigenvalue weighted by Gasteiger charge is 2.43. The number of methoxy groups -OCH3 is 1. The first kappa shape index (κ1) is 24.1. The summed E-state index contributed by atoms with van der Waals surface area (Å²) in [6.07, 6.45) is -0.662. The molecule has 1 aliphatic heterocycles. The quantitative estimate of drug-likeness (QED) is 0.700. The van der Waals surface area contributed by atoms with Gasteiger partial charge in [-0.05, 0) is 34.9 Å². The number of aliphatic hydroxyl groups is 1. The van der Waals surface area contributed by atoms with Gasteiger partial charge in [-0.3, -0.25) is 0 Å². The lowest BCUT2D eigenvalue weighted by Gasteiger charge is -2.32. The number of nitrogens with zero attached hydrogens (tertiary/aromatic N) is 1. The van der Waals surface area contributed by atoms with Gasteiger partial charge >= 0.3 is 0 Å². The SMILES string of the molecule is CCN1CCC(C(O)c2cc(C(C)(C)C)c(OCOC)c(C(C)(C)C)c2)S1(=O)=O. The van der Waals surface area contributed by atoms with Gasteiger partial charge in [-0.25, -0.2) is 12.7 Å². The second-order valence-corrected chi connectivity index (χ2v) is 12.0. The summed E-state index contributed by atoms with van der Waals surface area (Å²) in [6, 6.07) is 3.80. The van der Waals surface area contributed by atoms with Crippen LogP contribution in [0.5, 0.6) is 5.75 Å². The maximum absolute atomic E-state index is 12.8. The number of benzene rings is 1. The van der Waals surface area contributed by atoms with E-state index in [1.807, 2.05) is 19.1 Å². The Morgan fingerprint density at radius 3 is 2.03 bits per heavy atom. The van der Waals surface area contributed by atoms with E-state index in [0.717, 1.165) is 16.9 Å². The highest BCUT2D eigenvalue weighted by atomic mass is 32.2. The molecular formula is C22H37NO5S. The monoisotopic (exact) mass is 427 g/mol. The Bertz CT molecular complexity index is 786. The summed E-state index contributed by atoms with van der Waals surface area (Å²) >= 11 is 0. The molecule has 1 aromatic rings. The molecule has 6 nitrogen and oxygen atoms in total. The van der Waals surface area contributed by atoms with Gasteiger partial charge in [-0.15, -0.1) is 0 Å². The molecule has 0 amide bonds. The van der Waals surface area contributed by atoms with Crippen molar-refractivity contribution >= 4 is 10.0 Å². The van der Waals surface area contributed by atoms with E-state index < -0.39 is 21.4 Å². The largest absolute Gasteiger partial charge is 0.467 e. The van der Waals surface area contributed by atoms with Crippen LogP contribution >= 0.6 is 0 Å². The van der Waals surface area contributed by atoms with Crippen molar-refractivity contribution in [3.63, 3.8) is 0 Å². The van der Waals surface area contributed by atoms with Crippen LogP contribution in [0.4, 0.5) is 0 Å². The average Bonchev–Trinajstić information content (AvgIpc) is 2.90. The minimum atomic E-state index is -3.51. The van der Waals surface area contributed by atoms with Crippen molar-refractivity contribution in [3.05, 3.63) is 28.8 Å². The Labute approximate surface area is 176 Å². The molecule has 2 atom stereocenters. The number of hydrogen-bond acceptors (Lipinski definition) is 5. The summed E-state index contributed by atoms with van der Waals surface area (Å²) in [5, 5.41) is 10.3. The van der Waals surface area contributed by atoms with E-state index in [-0.39, 0.29) is 17.6 Å². The molecule has 1 heterocycles. The summed E-state index contributed by atoms with van der Waals surface area (Å²) in [4.78, 5) is 0. The molecule has 1 N–H and O–H groups in total. The molecule has 0 bridgehead atoms. The number of rotatable bonds is 6. The third kappa shape index (κ3) is 4.95. The lowest BCUT2D eigenvalue weighted by Crippen LogP contribution is -2.32. The Morgan fingerprint density at radius 1 is 1.14 bits per heavy atom. The van der Waals surface area contributed by atoms with Crippen LogP contribution < -0.4 is 4.74 Å². The van der Waals surface area contributed by atoms with Crippen LogP contribution in [-0.4, -0.2) is 50.1 Å². The third-order valence-corrected chi connectivity index (χ3v) is 7.92. The van der Waals surface area contributed by atoms with E-state index >= 15 is 0 Å². The predicted molar refractivity (Wildman–Crippen MR) is 116 cm³/mol. The summed E-state index contributed by atoms with van der Waals surface area (Å²) in [7, 11) is -1.93. The van der Waals surface area contributed by atoms with E-state index in [0.29, 0.717) is 25.1 Å². The second-order valence-electron chi connectivity index (χ2n) is 9.80. The fourth-order valence-corrected chi connectivity index (χ4v) is 5.81. The van der Waals surface area contributed by atoms with Crippen LogP contribution in [0.25, 0.3) is 0 Å². The Kier molecular flexibility index (Phi) is 7.10. The van der Waals surface area contributed by atoms with Crippen molar-refractivity contribution in [2.45, 2.75) is 77.1 Å². The molecule has 0 aliphatic carbocycles. The van der Waals surface area contributed by atoms with E-state index in [2.05, 4.69) is 41.5 Å². The number of aliphatic hydroxyl groups excluding tert-OH is 1. The lowest BCUT2D eigenvalue weighted by molar-refractivity contribution is 0.0483. The van der Waals surface area contributed by atoms with Crippen molar-refractivity contribution in [2.24, 2.45) is 0 Å². The number of sulfonamides is 1. The standard InChI is InChI=1S/C22H37NO5S/c1-9-23-11-10-18(29(23,25)26)19(24)15-12-16(21(2,3)4)20(28-14-27-8)17(13-15)22(5,6)7/h12-13,18-19,24H,9-11,14H2,1-8H3. The molecule has 1 saturated heterocycles. The zero-order chi connectivity index (χ0) is 22.2. The van der Waals surface area contributed by atoms with Crippen molar-refractivity contribution in [1.82, 2.24) is 4.31 Å². The number of hydrogen-bond donors (Lipinski definition) is 1. The Hall–Kier alpha value is -1.15. The minimum Gasteiger partial charge on any atom is -0.467 e. The van der Waals surface area contributed by atoms with Gasteiger partial charge in [-0.2, -0.15) is 0 Å². The van der Waals surface area contributed by atoms with Crippen LogP contribution in [0.15, 0.2) is 12.1 Å². The molecule has 1 aromatic carbocycles. The highest BCUT2D eigenvalue weighted by molar-refractivity contribution is 7.90. The summed E-state index contributed by atoms with van der Waals surface area (Å²) in [5.74, 6) is 0.743. The fourth-order valence-electron chi connectivity index (χ4n) is 3.82. The van der Waals surface area contributed by atoms with Crippen LogP contribution in [0.1, 0.15) is 77.7 Å². The van der Waals surface area contributed by atoms with Gasteiger partial charge in [0.05, 0.1) is 6.10 Å². The van der Waals surface area contributed by atoms with Gasteiger partial charge in [-0.1, -0.05) is 48.5 Å². The van der Waals surface area contributed by atoms with E-state index in [1.54, 1.807) is 7.11 Å². The summed E-state index contributed by atoms with van der Waals surface area (Å²) < 4.78 is 38.2. The van der Waals surface area contributed by atoms with Gasteiger partial charge in [0.1, 0.15) is 11.0 Å². The molecule has 2 unspecified atom stereocenters. The smallest absolute Gasteiger partial charge is 0.219 e. The van der Waals surface area contributed by atoms with Crippen LogP contribution in [0.3, 0.4) is 0 Å². The van der Waals surface area contributed by atoms with Gasteiger partial charge in [0.25, 0.3) is 0 Å². The predicted octanol–water partition coefficient (Wildman–Crippen LogP) is 3.72. The molecule has 166 valence electrons. The first-order chi connectivity index (χ1) is 13.2. The molecule has 1 fully saturated rings. The van der Waals surface area contributed by atoms with Gasteiger partial charge in [0, 0.05) is 31.3 Å². The molecule has 1 aliphatic rings. The maximum atomic E-state index is 12.8. The first-order valence-electron chi connectivity index (χ1n) is 10.2. The second kappa shape index (κ2) is 8.53. The average molecular weight is 428 g/mol. The van der Waals surface area contributed by atoms with Gasteiger partial charge in [0.2, 0.25) is 10.0 Å². The number of ether oxygens (including phenoxy) is 2. The van der Waals surface area contributed by atoms with E-state index in [1.165, 1.54) is 4.31 Å². The minimum absolute atomic E-state index is 0.122. The first-order valence-corrected chi connectivity index (χ1v) is 11.7.